The first-order valence-electron chi connectivity index (χ1n) is 4.80. The SMILES string of the molecule is NN1CCCC2(CCC2)CC1. The maximum absolute atomic E-state index is 5.77. The Morgan fingerprint density at radius 3 is 2.27 bits per heavy atom. The van der Waals surface area contributed by atoms with Crippen LogP contribution in [0.1, 0.15) is 38.5 Å². The lowest BCUT2D eigenvalue weighted by atomic mass is 9.64. The predicted octanol–water partition coefficient (Wildman–Crippen LogP) is 1.52. The molecule has 2 rings (SSSR count). The van der Waals surface area contributed by atoms with Crippen LogP contribution in [0.5, 0.6) is 0 Å². The number of nitrogens with two attached hydrogens (primary N) is 1. The van der Waals surface area contributed by atoms with E-state index in [2.05, 4.69) is 0 Å². The number of rotatable bonds is 0. The highest BCUT2D eigenvalue weighted by Crippen LogP contribution is 2.48. The topological polar surface area (TPSA) is 29.3 Å². The summed E-state index contributed by atoms with van der Waals surface area (Å²) in [5.74, 6) is 5.77. The van der Waals surface area contributed by atoms with Gasteiger partial charge in [0.25, 0.3) is 0 Å². The lowest BCUT2D eigenvalue weighted by molar-refractivity contribution is 0.109. The molecule has 0 radical (unpaired) electrons. The van der Waals surface area contributed by atoms with Crippen LogP contribution in [0, 0.1) is 5.41 Å². The average Bonchev–Trinajstić information content (AvgIpc) is 2.09. The van der Waals surface area contributed by atoms with Crippen LogP contribution in [0.2, 0.25) is 0 Å². The molecule has 2 N–H and O–H groups in total. The molecule has 1 saturated heterocycles. The number of nitrogens with zero attached hydrogens (tertiary/aromatic N) is 1. The fourth-order valence-electron chi connectivity index (χ4n) is 2.45. The first kappa shape index (κ1) is 7.56. The van der Waals surface area contributed by atoms with Gasteiger partial charge in [-0.15, -0.1) is 0 Å². The molecule has 2 aliphatic rings. The van der Waals surface area contributed by atoms with Crippen molar-refractivity contribution in [2.45, 2.75) is 38.5 Å². The molecule has 2 nitrogen and oxygen atoms in total. The van der Waals surface area contributed by atoms with Crippen LogP contribution in [0.3, 0.4) is 0 Å². The summed E-state index contributed by atoms with van der Waals surface area (Å²) in [6.07, 6.45) is 8.51. The zero-order chi connectivity index (χ0) is 7.73. The van der Waals surface area contributed by atoms with Crippen molar-refractivity contribution in [3.63, 3.8) is 0 Å². The van der Waals surface area contributed by atoms with Crippen molar-refractivity contribution < 1.29 is 0 Å². The van der Waals surface area contributed by atoms with E-state index in [1.165, 1.54) is 38.5 Å². The van der Waals surface area contributed by atoms with Crippen LogP contribution in [-0.4, -0.2) is 18.1 Å². The second-order valence-electron chi connectivity index (χ2n) is 4.24. The lowest BCUT2D eigenvalue weighted by Gasteiger charge is -2.41. The Morgan fingerprint density at radius 1 is 0.909 bits per heavy atom. The molecule has 0 atom stereocenters. The summed E-state index contributed by atoms with van der Waals surface area (Å²) in [7, 11) is 0. The molecule has 0 aromatic heterocycles. The molecule has 64 valence electrons. The standard InChI is InChI=1S/C9H18N2/c10-11-7-2-5-9(6-8-11)3-1-4-9/h1-8,10H2. The third kappa shape index (κ3) is 1.42. The van der Waals surface area contributed by atoms with Gasteiger partial charge in [0.05, 0.1) is 0 Å². The quantitative estimate of drug-likeness (QED) is 0.536. The summed E-state index contributed by atoms with van der Waals surface area (Å²) < 4.78 is 0. The third-order valence-electron chi connectivity index (χ3n) is 3.50. The van der Waals surface area contributed by atoms with E-state index in [0.29, 0.717) is 0 Å². The molecular formula is C9H18N2. The summed E-state index contributed by atoms with van der Waals surface area (Å²) in [4.78, 5) is 0. The molecule has 1 aliphatic carbocycles. The third-order valence-corrected chi connectivity index (χ3v) is 3.50. The molecular weight excluding hydrogens is 136 g/mol. The summed E-state index contributed by atoms with van der Waals surface area (Å²) in [6, 6.07) is 0. The molecule has 0 unspecified atom stereocenters. The molecule has 1 heterocycles. The van der Waals surface area contributed by atoms with Crippen LogP contribution in [0.15, 0.2) is 0 Å². The van der Waals surface area contributed by atoms with E-state index in [-0.39, 0.29) is 0 Å². The Morgan fingerprint density at radius 2 is 1.64 bits per heavy atom. The van der Waals surface area contributed by atoms with Gasteiger partial charge >= 0.3 is 0 Å². The van der Waals surface area contributed by atoms with Gasteiger partial charge in [-0.25, -0.2) is 5.01 Å². The van der Waals surface area contributed by atoms with Gasteiger partial charge in [0.2, 0.25) is 0 Å². The van der Waals surface area contributed by atoms with Crippen LogP contribution in [-0.2, 0) is 0 Å². The Hall–Kier alpha value is -0.0800. The van der Waals surface area contributed by atoms with Crippen LogP contribution in [0.25, 0.3) is 0 Å². The van der Waals surface area contributed by atoms with Crippen LogP contribution < -0.4 is 5.84 Å². The fraction of sp³-hybridized carbons (Fsp3) is 1.00. The second-order valence-corrected chi connectivity index (χ2v) is 4.24. The first-order chi connectivity index (χ1) is 5.31. The molecule has 11 heavy (non-hydrogen) atoms. The maximum Gasteiger partial charge on any atom is 0.0133 e. The molecule has 0 aromatic rings. The van der Waals surface area contributed by atoms with E-state index >= 15 is 0 Å². The van der Waals surface area contributed by atoms with Gasteiger partial charge in [-0.1, -0.05) is 6.42 Å². The van der Waals surface area contributed by atoms with Crippen molar-refractivity contribution in [1.29, 1.82) is 0 Å². The average molecular weight is 154 g/mol. The van der Waals surface area contributed by atoms with Crippen molar-refractivity contribution in [1.82, 2.24) is 5.01 Å². The van der Waals surface area contributed by atoms with Gasteiger partial charge in [-0.2, -0.15) is 0 Å². The Labute approximate surface area is 68.7 Å². The molecule has 0 amide bonds. The Bertz CT molecular complexity index is 140. The molecule has 2 heteroatoms. The maximum atomic E-state index is 5.77. The zero-order valence-corrected chi connectivity index (χ0v) is 7.18. The lowest BCUT2D eigenvalue weighted by Crippen LogP contribution is -2.34. The van der Waals surface area contributed by atoms with E-state index in [0.717, 1.165) is 18.5 Å². The van der Waals surface area contributed by atoms with Crippen molar-refractivity contribution in [3.05, 3.63) is 0 Å². The summed E-state index contributed by atoms with van der Waals surface area (Å²) >= 11 is 0. The van der Waals surface area contributed by atoms with E-state index in [4.69, 9.17) is 5.84 Å². The normalized spacial score (nSPS) is 31.4. The number of hydrogen-bond acceptors (Lipinski definition) is 2. The van der Waals surface area contributed by atoms with Gasteiger partial charge in [-0.3, -0.25) is 5.84 Å². The van der Waals surface area contributed by atoms with Crippen molar-refractivity contribution >= 4 is 0 Å². The van der Waals surface area contributed by atoms with Crippen LogP contribution >= 0.6 is 0 Å². The monoisotopic (exact) mass is 154 g/mol. The van der Waals surface area contributed by atoms with Crippen LogP contribution in [0.4, 0.5) is 0 Å². The largest absolute Gasteiger partial charge is 0.269 e. The smallest absolute Gasteiger partial charge is 0.0133 e. The van der Waals surface area contributed by atoms with E-state index in [1.54, 1.807) is 0 Å². The Balaban J connectivity index is 1.92. The summed E-state index contributed by atoms with van der Waals surface area (Å²) in [5, 5.41) is 1.99. The van der Waals surface area contributed by atoms with Gasteiger partial charge in [0.15, 0.2) is 0 Å². The van der Waals surface area contributed by atoms with Gasteiger partial charge in [0.1, 0.15) is 0 Å². The van der Waals surface area contributed by atoms with Crippen molar-refractivity contribution in [3.8, 4) is 0 Å². The van der Waals surface area contributed by atoms with E-state index < -0.39 is 0 Å². The van der Waals surface area contributed by atoms with E-state index in [9.17, 15) is 0 Å². The minimum Gasteiger partial charge on any atom is -0.269 e. The summed E-state index contributed by atoms with van der Waals surface area (Å²) in [5.41, 5.74) is 0.744. The molecule has 1 spiro atoms. The van der Waals surface area contributed by atoms with Crippen molar-refractivity contribution in [2.24, 2.45) is 11.3 Å². The minimum absolute atomic E-state index is 0.744. The van der Waals surface area contributed by atoms with Gasteiger partial charge in [-0.05, 0) is 37.5 Å². The summed E-state index contributed by atoms with van der Waals surface area (Å²) in [6.45, 7) is 2.24. The minimum atomic E-state index is 0.744. The highest BCUT2D eigenvalue weighted by Gasteiger charge is 2.37. The van der Waals surface area contributed by atoms with Gasteiger partial charge in [0, 0.05) is 13.1 Å². The molecule has 0 bridgehead atoms. The van der Waals surface area contributed by atoms with E-state index in [1.807, 2.05) is 5.01 Å². The number of hydrogen-bond donors (Lipinski definition) is 1. The van der Waals surface area contributed by atoms with Gasteiger partial charge < -0.3 is 0 Å². The second kappa shape index (κ2) is 2.76. The predicted molar refractivity (Wildman–Crippen MR) is 45.9 cm³/mol. The number of hydrazine groups is 1. The molecule has 1 saturated carbocycles. The highest BCUT2D eigenvalue weighted by atomic mass is 15.4. The zero-order valence-electron chi connectivity index (χ0n) is 7.18. The highest BCUT2D eigenvalue weighted by molar-refractivity contribution is 4.89. The first-order valence-corrected chi connectivity index (χ1v) is 4.80. The molecule has 2 fully saturated rings. The fourth-order valence-corrected chi connectivity index (χ4v) is 2.45. The van der Waals surface area contributed by atoms with Crippen molar-refractivity contribution in [2.75, 3.05) is 13.1 Å². The molecule has 0 aromatic carbocycles. The Kier molecular flexibility index (Phi) is 1.90. The molecule has 1 aliphatic heterocycles.